The summed E-state index contributed by atoms with van der Waals surface area (Å²) in [4.78, 5) is 17.5. The van der Waals surface area contributed by atoms with E-state index in [1.807, 2.05) is 0 Å². The summed E-state index contributed by atoms with van der Waals surface area (Å²) < 4.78 is 0. The Bertz CT molecular complexity index is 359. The smallest absolute Gasteiger partial charge is 0.276 e. The lowest BCUT2D eigenvalue weighted by molar-refractivity contribution is 1.03. The van der Waals surface area contributed by atoms with Crippen LogP contribution in [0.4, 0.5) is 11.5 Å². The molecular weight excluding hydrogens is 176 g/mol. The van der Waals surface area contributed by atoms with Crippen molar-refractivity contribution in [1.82, 2.24) is 9.97 Å². The van der Waals surface area contributed by atoms with Gasteiger partial charge in [0, 0.05) is 0 Å². The van der Waals surface area contributed by atoms with Gasteiger partial charge in [0.2, 0.25) is 0 Å². The topological polar surface area (TPSA) is 83.8 Å². The summed E-state index contributed by atoms with van der Waals surface area (Å²) in [5.41, 5.74) is 6.53. The van der Waals surface area contributed by atoms with Gasteiger partial charge in [-0.05, 0) is 6.92 Å². The fourth-order valence-corrected chi connectivity index (χ4v) is 0.924. The number of aromatic nitrogens is 2. The molecule has 0 saturated carbocycles. The van der Waals surface area contributed by atoms with Crippen LogP contribution in [-0.2, 0) is 0 Å². The molecule has 64 valence electrons. The van der Waals surface area contributed by atoms with Crippen LogP contribution in [0.1, 0.15) is 5.82 Å². The van der Waals surface area contributed by atoms with E-state index in [0.29, 0.717) is 5.82 Å². The molecule has 1 heterocycles. The zero-order valence-corrected chi connectivity index (χ0v) is 7.23. The van der Waals surface area contributed by atoms with E-state index in [1.165, 1.54) is 5.49 Å². The van der Waals surface area contributed by atoms with Gasteiger partial charge in [0.25, 0.3) is 5.56 Å². The second-order valence-electron chi connectivity index (χ2n) is 2.17. The monoisotopic (exact) mass is 184 g/mol. The van der Waals surface area contributed by atoms with Gasteiger partial charge in [-0.2, -0.15) is 0 Å². The molecule has 0 atom stereocenters. The molecule has 0 radical (unpaired) electrons. The van der Waals surface area contributed by atoms with Crippen molar-refractivity contribution >= 4 is 29.2 Å². The van der Waals surface area contributed by atoms with Gasteiger partial charge in [-0.25, -0.2) is 4.98 Å². The first-order valence-corrected chi connectivity index (χ1v) is 3.69. The number of rotatable bonds is 2. The minimum Gasteiger partial charge on any atom is -0.382 e. The molecule has 12 heavy (non-hydrogen) atoms. The second-order valence-corrected chi connectivity index (χ2v) is 2.41. The molecule has 0 bridgehead atoms. The molecule has 0 spiro atoms. The Balaban J connectivity index is 3.28. The number of aryl methyl sites for hydroxylation is 1. The van der Waals surface area contributed by atoms with Crippen LogP contribution < -0.4 is 16.6 Å². The van der Waals surface area contributed by atoms with Crippen molar-refractivity contribution in [3.8, 4) is 0 Å². The van der Waals surface area contributed by atoms with E-state index in [9.17, 15) is 4.79 Å². The molecule has 1 aromatic rings. The fourth-order valence-electron chi connectivity index (χ4n) is 0.806. The highest BCUT2D eigenvalue weighted by Gasteiger charge is 2.04. The Morgan fingerprint density at radius 1 is 1.75 bits per heavy atom. The summed E-state index contributed by atoms with van der Waals surface area (Å²) in [5, 5.41) is 2.53. The van der Waals surface area contributed by atoms with Crippen LogP contribution in [0.5, 0.6) is 0 Å². The minimum atomic E-state index is -0.318. The SMILES string of the molecule is Cc1nc(N)c(NC=S)c(=O)[nH]1. The number of thiocarbonyl (C=S) groups is 1. The largest absolute Gasteiger partial charge is 0.382 e. The summed E-state index contributed by atoms with van der Waals surface area (Å²) in [7, 11) is 0. The molecular formula is C6H8N4OS. The number of H-pyrrole nitrogens is 1. The van der Waals surface area contributed by atoms with Gasteiger partial charge < -0.3 is 16.0 Å². The van der Waals surface area contributed by atoms with Gasteiger partial charge in [0.05, 0.1) is 5.49 Å². The molecule has 0 fully saturated rings. The van der Waals surface area contributed by atoms with Crippen molar-refractivity contribution in [2.24, 2.45) is 0 Å². The number of nitrogens with one attached hydrogen (secondary N) is 2. The van der Waals surface area contributed by atoms with Crippen molar-refractivity contribution in [1.29, 1.82) is 0 Å². The van der Waals surface area contributed by atoms with E-state index in [4.69, 9.17) is 5.73 Å². The maximum absolute atomic E-state index is 11.1. The highest BCUT2D eigenvalue weighted by atomic mass is 32.1. The molecule has 0 unspecified atom stereocenters. The van der Waals surface area contributed by atoms with Gasteiger partial charge >= 0.3 is 0 Å². The average molecular weight is 184 g/mol. The molecule has 0 aliphatic carbocycles. The molecule has 0 aliphatic heterocycles. The number of hydrogen-bond donors (Lipinski definition) is 3. The highest BCUT2D eigenvalue weighted by molar-refractivity contribution is 7.79. The molecule has 0 saturated heterocycles. The maximum atomic E-state index is 11.1. The first-order valence-electron chi connectivity index (χ1n) is 3.21. The fraction of sp³-hybridized carbons (Fsp3) is 0.167. The average Bonchev–Trinajstić information content (AvgIpc) is 1.96. The minimum absolute atomic E-state index is 0.150. The van der Waals surface area contributed by atoms with Crippen molar-refractivity contribution in [2.45, 2.75) is 6.92 Å². The predicted molar refractivity (Wildman–Crippen MR) is 51.3 cm³/mol. The van der Waals surface area contributed by atoms with Gasteiger partial charge in [-0.15, -0.1) is 0 Å². The van der Waals surface area contributed by atoms with Gasteiger partial charge in [0.1, 0.15) is 11.5 Å². The van der Waals surface area contributed by atoms with Gasteiger partial charge in [-0.3, -0.25) is 4.79 Å². The number of aromatic amines is 1. The van der Waals surface area contributed by atoms with Crippen molar-refractivity contribution in [3.63, 3.8) is 0 Å². The quantitative estimate of drug-likeness (QED) is 0.565. The summed E-state index contributed by atoms with van der Waals surface area (Å²) in [5.74, 6) is 0.629. The van der Waals surface area contributed by atoms with Gasteiger partial charge in [0.15, 0.2) is 5.82 Å². The zero-order valence-electron chi connectivity index (χ0n) is 6.42. The van der Waals surface area contributed by atoms with Crippen LogP contribution in [0.15, 0.2) is 4.79 Å². The van der Waals surface area contributed by atoms with Crippen molar-refractivity contribution in [2.75, 3.05) is 11.1 Å². The van der Waals surface area contributed by atoms with E-state index in [2.05, 4.69) is 27.5 Å². The predicted octanol–water partition coefficient (Wildman–Crippen LogP) is 0.0296. The maximum Gasteiger partial charge on any atom is 0.276 e. The third-order valence-corrected chi connectivity index (χ3v) is 1.39. The third-order valence-electron chi connectivity index (χ3n) is 1.27. The molecule has 5 nitrogen and oxygen atoms in total. The van der Waals surface area contributed by atoms with E-state index in [1.54, 1.807) is 6.92 Å². The highest BCUT2D eigenvalue weighted by Crippen LogP contribution is 2.06. The zero-order chi connectivity index (χ0) is 9.14. The summed E-state index contributed by atoms with van der Waals surface area (Å²) in [6, 6.07) is 0. The number of nitrogens with two attached hydrogens (primary N) is 1. The molecule has 4 N–H and O–H groups in total. The third kappa shape index (κ3) is 1.59. The summed E-state index contributed by atoms with van der Waals surface area (Å²) in [6.07, 6.45) is 0. The Hall–Kier alpha value is -1.43. The first-order chi connectivity index (χ1) is 5.65. The lowest BCUT2D eigenvalue weighted by Crippen LogP contribution is -2.17. The second kappa shape index (κ2) is 3.31. The van der Waals surface area contributed by atoms with Gasteiger partial charge in [-0.1, -0.05) is 12.2 Å². The van der Waals surface area contributed by atoms with Crippen LogP contribution in [-0.4, -0.2) is 15.5 Å². The Kier molecular flexibility index (Phi) is 2.39. The van der Waals surface area contributed by atoms with Crippen LogP contribution >= 0.6 is 12.2 Å². The number of nitrogens with zero attached hydrogens (tertiary/aromatic N) is 1. The number of hydrogen-bond acceptors (Lipinski definition) is 4. The van der Waals surface area contributed by atoms with E-state index in [0.717, 1.165) is 0 Å². The van der Waals surface area contributed by atoms with E-state index >= 15 is 0 Å². The van der Waals surface area contributed by atoms with E-state index < -0.39 is 0 Å². The normalized spacial score (nSPS) is 9.42. The van der Waals surface area contributed by atoms with E-state index in [-0.39, 0.29) is 17.1 Å². The lowest BCUT2D eigenvalue weighted by atomic mass is 10.4. The van der Waals surface area contributed by atoms with Crippen LogP contribution in [0, 0.1) is 6.92 Å². The lowest BCUT2D eigenvalue weighted by Gasteiger charge is -2.02. The summed E-state index contributed by atoms with van der Waals surface area (Å²) in [6.45, 7) is 1.65. The van der Waals surface area contributed by atoms with Crippen molar-refractivity contribution < 1.29 is 0 Å². The van der Waals surface area contributed by atoms with Crippen LogP contribution in [0.3, 0.4) is 0 Å². The first kappa shape index (κ1) is 8.66. The summed E-state index contributed by atoms with van der Waals surface area (Å²) >= 11 is 4.51. The van der Waals surface area contributed by atoms with Crippen LogP contribution in [0.25, 0.3) is 0 Å². The Labute approximate surface area is 74.0 Å². The number of nitrogen functional groups attached to an aromatic ring is 1. The molecule has 1 aromatic heterocycles. The molecule has 1 rings (SSSR count). The van der Waals surface area contributed by atoms with Crippen LogP contribution in [0.2, 0.25) is 0 Å². The Morgan fingerprint density at radius 3 is 2.92 bits per heavy atom. The molecule has 0 aromatic carbocycles. The molecule has 6 heteroatoms. The number of anilines is 2. The molecule has 0 aliphatic rings. The molecule has 0 amide bonds. The Morgan fingerprint density at radius 2 is 2.42 bits per heavy atom. The van der Waals surface area contributed by atoms with Crippen molar-refractivity contribution in [3.05, 3.63) is 16.2 Å². The standard InChI is InChI=1S/C6H8N4OS/c1-3-9-5(7)4(8-2-12)6(11)10-3/h2H,1H3,(H,8,12)(H3,7,9,10,11).